The van der Waals surface area contributed by atoms with E-state index in [1.807, 2.05) is 13.1 Å². The van der Waals surface area contributed by atoms with Crippen LogP contribution in [0.25, 0.3) is 0 Å². The zero-order valence-corrected chi connectivity index (χ0v) is 7.24. The first-order valence-corrected chi connectivity index (χ1v) is 4.20. The summed E-state index contributed by atoms with van der Waals surface area (Å²) in [4.78, 5) is 5.36. The molecule has 0 aliphatic carbocycles. The second-order valence-corrected chi connectivity index (χ2v) is 3.47. The van der Waals surface area contributed by atoms with Crippen LogP contribution in [-0.2, 0) is 6.54 Å². The molecule has 1 rings (SSSR count). The third-order valence-corrected chi connectivity index (χ3v) is 2.11. The summed E-state index contributed by atoms with van der Waals surface area (Å²) in [6.07, 6.45) is 6.95. The molecule has 0 aliphatic heterocycles. The second kappa shape index (κ2) is 4.12. The molecule has 1 aromatic heterocycles. The van der Waals surface area contributed by atoms with E-state index >= 15 is 0 Å². The Hall–Kier alpha value is -0.850. The molecule has 11 heavy (non-hydrogen) atoms. The highest BCUT2D eigenvalue weighted by Crippen LogP contribution is 2.10. The zero-order chi connectivity index (χ0) is 8.10. The van der Waals surface area contributed by atoms with Gasteiger partial charge in [-0.3, -0.25) is 0 Å². The summed E-state index contributed by atoms with van der Waals surface area (Å²) < 4.78 is 0. The van der Waals surface area contributed by atoms with Gasteiger partial charge in [-0.25, -0.2) is 4.98 Å². The van der Waals surface area contributed by atoms with Crippen molar-refractivity contribution in [1.82, 2.24) is 10.3 Å². The van der Waals surface area contributed by atoms with E-state index in [1.54, 1.807) is 11.3 Å². The van der Waals surface area contributed by atoms with Crippen molar-refractivity contribution in [3.63, 3.8) is 0 Å². The Bertz CT molecular complexity index is 259. The van der Waals surface area contributed by atoms with Crippen LogP contribution in [0.5, 0.6) is 0 Å². The zero-order valence-electron chi connectivity index (χ0n) is 6.42. The first-order chi connectivity index (χ1) is 5.33. The Morgan fingerprint density at radius 3 is 3.18 bits per heavy atom. The van der Waals surface area contributed by atoms with Gasteiger partial charge in [-0.1, -0.05) is 5.92 Å². The van der Waals surface area contributed by atoms with Crippen molar-refractivity contribution >= 4 is 11.3 Å². The number of hydrogen-bond donors (Lipinski definition) is 1. The largest absolute Gasteiger partial charge is 0.301 e. The standard InChI is InChI=1S/C8H10N2S/c1-3-4-9-5-8-6-10-7(2)11-8/h1,6,9H,4-5H2,2H3. The number of nitrogens with one attached hydrogen (secondary N) is 1. The summed E-state index contributed by atoms with van der Waals surface area (Å²) in [7, 11) is 0. The Morgan fingerprint density at radius 1 is 1.82 bits per heavy atom. The van der Waals surface area contributed by atoms with Crippen molar-refractivity contribution in [3.8, 4) is 12.3 Å². The number of aromatic nitrogens is 1. The average Bonchev–Trinajstić information content (AvgIpc) is 2.37. The molecule has 1 N–H and O–H groups in total. The van der Waals surface area contributed by atoms with E-state index in [9.17, 15) is 0 Å². The monoisotopic (exact) mass is 166 g/mol. The summed E-state index contributed by atoms with van der Waals surface area (Å²) in [5.74, 6) is 2.52. The van der Waals surface area contributed by atoms with Crippen LogP contribution in [0.4, 0.5) is 0 Å². The molecule has 0 atom stereocenters. The van der Waals surface area contributed by atoms with Crippen molar-refractivity contribution in [2.45, 2.75) is 13.5 Å². The number of terminal acetylenes is 1. The van der Waals surface area contributed by atoms with Crippen molar-refractivity contribution < 1.29 is 0 Å². The molecule has 0 amide bonds. The van der Waals surface area contributed by atoms with Gasteiger partial charge in [0.05, 0.1) is 11.6 Å². The van der Waals surface area contributed by atoms with Gasteiger partial charge in [-0.05, 0) is 6.92 Å². The fraction of sp³-hybridized carbons (Fsp3) is 0.375. The highest BCUT2D eigenvalue weighted by atomic mass is 32.1. The Balaban J connectivity index is 2.34. The molecule has 0 saturated carbocycles. The molecule has 0 fully saturated rings. The van der Waals surface area contributed by atoms with E-state index in [1.165, 1.54) is 4.88 Å². The van der Waals surface area contributed by atoms with Gasteiger partial charge in [0.15, 0.2) is 0 Å². The number of rotatable bonds is 3. The van der Waals surface area contributed by atoms with Gasteiger partial charge in [0.1, 0.15) is 0 Å². The average molecular weight is 166 g/mol. The van der Waals surface area contributed by atoms with Crippen molar-refractivity contribution in [2.75, 3.05) is 6.54 Å². The van der Waals surface area contributed by atoms with E-state index in [0.29, 0.717) is 6.54 Å². The molecule has 0 spiro atoms. The summed E-state index contributed by atoms with van der Waals surface area (Å²) in [6.45, 7) is 3.45. The second-order valence-electron chi connectivity index (χ2n) is 2.15. The summed E-state index contributed by atoms with van der Waals surface area (Å²) >= 11 is 1.70. The Morgan fingerprint density at radius 2 is 2.64 bits per heavy atom. The fourth-order valence-corrected chi connectivity index (χ4v) is 1.51. The summed E-state index contributed by atoms with van der Waals surface area (Å²) in [5, 5.41) is 4.20. The molecule has 0 bridgehead atoms. The van der Waals surface area contributed by atoms with E-state index < -0.39 is 0 Å². The topological polar surface area (TPSA) is 24.9 Å². The molecule has 1 aromatic rings. The highest BCUT2D eigenvalue weighted by molar-refractivity contribution is 7.11. The van der Waals surface area contributed by atoms with Crippen molar-refractivity contribution in [2.24, 2.45) is 0 Å². The number of nitrogens with zero attached hydrogens (tertiary/aromatic N) is 1. The van der Waals surface area contributed by atoms with Crippen LogP contribution in [0.2, 0.25) is 0 Å². The fourth-order valence-electron chi connectivity index (χ4n) is 0.745. The van der Waals surface area contributed by atoms with E-state index in [-0.39, 0.29) is 0 Å². The van der Waals surface area contributed by atoms with Gasteiger partial charge in [-0.15, -0.1) is 17.8 Å². The van der Waals surface area contributed by atoms with Crippen molar-refractivity contribution in [3.05, 3.63) is 16.1 Å². The minimum atomic E-state index is 0.622. The molecular formula is C8H10N2S. The first-order valence-electron chi connectivity index (χ1n) is 3.38. The maximum Gasteiger partial charge on any atom is 0.0897 e. The molecule has 0 aliphatic rings. The SMILES string of the molecule is C#CCNCc1cnc(C)s1. The minimum Gasteiger partial charge on any atom is -0.301 e. The van der Waals surface area contributed by atoms with Gasteiger partial charge in [0.25, 0.3) is 0 Å². The molecule has 0 unspecified atom stereocenters. The molecule has 0 aromatic carbocycles. The summed E-state index contributed by atoms with van der Waals surface area (Å²) in [5.41, 5.74) is 0. The van der Waals surface area contributed by atoms with Gasteiger partial charge in [0.2, 0.25) is 0 Å². The van der Waals surface area contributed by atoms with E-state index in [0.717, 1.165) is 11.6 Å². The van der Waals surface area contributed by atoms with E-state index in [4.69, 9.17) is 6.42 Å². The van der Waals surface area contributed by atoms with Crippen LogP contribution in [0.15, 0.2) is 6.20 Å². The number of aryl methyl sites for hydroxylation is 1. The molecular weight excluding hydrogens is 156 g/mol. The molecule has 0 saturated heterocycles. The Labute approximate surface area is 70.7 Å². The van der Waals surface area contributed by atoms with Crippen LogP contribution >= 0.6 is 11.3 Å². The smallest absolute Gasteiger partial charge is 0.0897 e. The highest BCUT2D eigenvalue weighted by Gasteiger charge is 1.95. The lowest BCUT2D eigenvalue weighted by Crippen LogP contribution is -2.11. The quantitative estimate of drug-likeness (QED) is 0.538. The summed E-state index contributed by atoms with van der Waals surface area (Å²) in [6, 6.07) is 0. The lowest BCUT2D eigenvalue weighted by Gasteiger charge is -1.93. The normalized spacial score (nSPS) is 9.45. The third kappa shape index (κ3) is 2.71. The van der Waals surface area contributed by atoms with Crippen LogP contribution in [0, 0.1) is 19.3 Å². The predicted octanol–water partition coefficient (Wildman–Crippen LogP) is 1.17. The lowest BCUT2D eigenvalue weighted by atomic mass is 10.5. The minimum absolute atomic E-state index is 0.622. The van der Waals surface area contributed by atoms with Crippen LogP contribution < -0.4 is 5.32 Å². The van der Waals surface area contributed by atoms with Crippen molar-refractivity contribution in [1.29, 1.82) is 0 Å². The maximum absolute atomic E-state index is 5.07. The van der Waals surface area contributed by atoms with Crippen LogP contribution in [0.1, 0.15) is 9.88 Å². The third-order valence-electron chi connectivity index (χ3n) is 1.20. The number of thiazole rings is 1. The molecule has 58 valence electrons. The predicted molar refractivity (Wildman–Crippen MR) is 47.4 cm³/mol. The Kier molecular flexibility index (Phi) is 3.09. The molecule has 1 heterocycles. The maximum atomic E-state index is 5.07. The van der Waals surface area contributed by atoms with Gasteiger partial charge in [-0.2, -0.15) is 0 Å². The lowest BCUT2D eigenvalue weighted by molar-refractivity contribution is 0.779. The van der Waals surface area contributed by atoms with E-state index in [2.05, 4.69) is 16.2 Å². The first kappa shape index (κ1) is 8.25. The van der Waals surface area contributed by atoms with Gasteiger partial charge in [0, 0.05) is 17.6 Å². The van der Waals surface area contributed by atoms with Crippen LogP contribution in [0.3, 0.4) is 0 Å². The molecule has 3 heteroatoms. The molecule has 2 nitrogen and oxygen atoms in total. The van der Waals surface area contributed by atoms with Gasteiger partial charge < -0.3 is 5.32 Å². The number of hydrogen-bond acceptors (Lipinski definition) is 3. The molecule has 0 radical (unpaired) electrons. The van der Waals surface area contributed by atoms with Crippen LogP contribution in [-0.4, -0.2) is 11.5 Å². The van der Waals surface area contributed by atoms with Gasteiger partial charge >= 0.3 is 0 Å².